The van der Waals surface area contributed by atoms with E-state index in [9.17, 15) is 0 Å². The van der Waals surface area contributed by atoms with E-state index in [0.29, 0.717) is 11.6 Å². The lowest BCUT2D eigenvalue weighted by molar-refractivity contribution is 0.402. The van der Waals surface area contributed by atoms with Gasteiger partial charge in [0.25, 0.3) is 0 Å². The molecule has 29 heavy (non-hydrogen) atoms. The summed E-state index contributed by atoms with van der Waals surface area (Å²) in [7, 11) is 6.85. The Bertz CT molecular complexity index is 1220. The Hall–Kier alpha value is -3.81. The van der Waals surface area contributed by atoms with Gasteiger partial charge in [0, 0.05) is 12.6 Å². The summed E-state index contributed by atoms with van der Waals surface area (Å²) < 4.78 is 18.2. The molecule has 8 heteroatoms. The van der Waals surface area contributed by atoms with E-state index in [1.807, 2.05) is 48.0 Å². The van der Waals surface area contributed by atoms with Crippen LogP contribution >= 0.6 is 0 Å². The van der Waals surface area contributed by atoms with Crippen LogP contribution in [-0.4, -0.2) is 42.1 Å². The zero-order valence-corrected chi connectivity index (χ0v) is 16.6. The summed E-state index contributed by atoms with van der Waals surface area (Å²) in [6.45, 7) is 0. The number of anilines is 1. The molecule has 0 spiro atoms. The van der Waals surface area contributed by atoms with E-state index in [1.54, 1.807) is 27.5 Å². The Balaban J connectivity index is 1.75. The van der Waals surface area contributed by atoms with Crippen LogP contribution in [0.5, 0.6) is 17.2 Å². The maximum Gasteiger partial charge on any atom is 0.174 e. The molecule has 2 heterocycles. The van der Waals surface area contributed by atoms with Gasteiger partial charge in [-0.1, -0.05) is 6.07 Å². The van der Waals surface area contributed by atoms with Crippen molar-refractivity contribution < 1.29 is 14.2 Å². The lowest BCUT2D eigenvalue weighted by Crippen LogP contribution is -1.99. The van der Waals surface area contributed by atoms with Gasteiger partial charge in [-0.3, -0.25) is 5.43 Å². The van der Waals surface area contributed by atoms with Crippen molar-refractivity contribution in [1.29, 1.82) is 0 Å². The fourth-order valence-corrected chi connectivity index (χ4v) is 3.39. The minimum Gasteiger partial charge on any atom is -0.497 e. The van der Waals surface area contributed by atoms with E-state index in [1.165, 1.54) is 6.33 Å². The number of hydrogen-bond acceptors (Lipinski definition) is 7. The molecular formula is C21H21N5O3. The van der Waals surface area contributed by atoms with Crippen molar-refractivity contribution in [2.75, 3.05) is 26.8 Å². The van der Waals surface area contributed by atoms with Crippen molar-refractivity contribution in [2.45, 2.75) is 0 Å². The van der Waals surface area contributed by atoms with Crippen LogP contribution in [0.1, 0.15) is 5.56 Å². The van der Waals surface area contributed by atoms with Gasteiger partial charge in [-0.15, -0.1) is 0 Å². The monoisotopic (exact) mass is 391 g/mol. The molecule has 0 bridgehead atoms. The smallest absolute Gasteiger partial charge is 0.174 e. The fourth-order valence-electron chi connectivity index (χ4n) is 3.39. The largest absolute Gasteiger partial charge is 0.497 e. The molecule has 1 N–H and O–H groups in total. The molecule has 4 aromatic rings. The van der Waals surface area contributed by atoms with Crippen LogP contribution in [-0.2, 0) is 7.05 Å². The molecular weight excluding hydrogens is 370 g/mol. The maximum atomic E-state index is 5.53. The minimum atomic E-state index is 0.592. The predicted molar refractivity (Wildman–Crippen MR) is 113 cm³/mol. The molecule has 0 aliphatic carbocycles. The Morgan fingerprint density at radius 1 is 1.00 bits per heavy atom. The molecule has 8 nitrogen and oxygen atoms in total. The highest BCUT2D eigenvalue weighted by Crippen LogP contribution is 2.35. The van der Waals surface area contributed by atoms with Crippen LogP contribution in [0.3, 0.4) is 0 Å². The first-order valence-electron chi connectivity index (χ1n) is 8.95. The molecule has 0 fully saturated rings. The summed E-state index contributed by atoms with van der Waals surface area (Å²) in [6, 6.07) is 11.4. The molecule has 0 radical (unpaired) electrons. The van der Waals surface area contributed by atoms with Crippen molar-refractivity contribution >= 4 is 34.0 Å². The summed E-state index contributed by atoms with van der Waals surface area (Å²) in [4.78, 5) is 8.85. The number of nitrogens with zero attached hydrogens (tertiary/aromatic N) is 4. The average molecular weight is 391 g/mol. The molecule has 4 rings (SSSR count). The van der Waals surface area contributed by atoms with E-state index in [2.05, 4.69) is 20.5 Å². The molecule has 0 saturated heterocycles. The number of benzene rings is 2. The number of aromatic nitrogens is 3. The number of rotatable bonds is 6. The molecule has 0 saturated carbocycles. The number of ether oxygens (including phenoxy) is 3. The quantitative estimate of drug-likeness (QED) is 0.399. The summed E-state index contributed by atoms with van der Waals surface area (Å²) in [5, 5.41) is 5.30. The van der Waals surface area contributed by atoms with Crippen molar-refractivity contribution in [3.05, 3.63) is 48.3 Å². The van der Waals surface area contributed by atoms with E-state index in [0.717, 1.165) is 39.0 Å². The Labute approximate surface area is 167 Å². The van der Waals surface area contributed by atoms with Gasteiger partial charge in [0.05, 0.1) is 38.4 Å². The Morgan fingerprint density at radius 3 is 2.59 bits per heavy atom. The molecule has 0 unspecified atom stereocenters. The third-order valence-electron chi connectivity index (χ3n) is 4.79. The van der Waals surface area contributed by atoms with Crippen LogP contribution in [0.15, 0.2) is 47.8 Å². The Morgan fingerprint density at radius 2 is 1.83 bits per heavy atom. The lowest BCUT2D eigenvalue weighted by Gasteiger charge is -2.07. The number of hydrazone groups is 1. The van der Waals surface area contributed by atoms with Gasteiger partial charge in [-0.05, 0) is 30.3 Å². The van der Waals surface area contributed by atoms with E-state index < -0.39 is 0 Å². The van der Waals surface area contributed by atoms with E-state index in [-0.39, 0.29) is 0 Å². The molecule has 0 atom stereocenters. The Kier molecular flexibility index (Phi) is 4.90. The predicted octanol–water partition coefficient (Wildman–Crippen LogP) is 3.59. The normalized spacial score (nSPS) is 11.3. The summed E-state index contributed by atoms with van der Waals surface area (Å²) >= 11 is 0. The number of nitrogens with one attached hydrogen (secondary N) is 1. The molecule has 148 valence electrons. The van der Waals surface area contributed by atoms with Gasteiger partial charge in [0.2, 0.25) is 0 Å². The van der Waals surface area contributed by atoms with Gasteiger partial charge in [0.15, 0.2) is 5.82 Å². The van der Waals surface area contributed by atoms with Gasteiger partial charge < -0.3 is 18.8 Å². The van der Waals surface area contributed by atoms with Gasteiger partial charge >= 0.3 is 0 Å². The zero-order valence-electron chi connectivity index (χ0n) is 16.6. The standard InChI is InChI=1S/C21H21N5O3/c1-26-15-6-5-7-17(29-4)18(15)19-20(26)21(23-12-22-19)25-24-11-13-10-14(27-2)8-9-16(13)28-3/h5-12H,1-4H3,(H,22,23,25). The first-order chi connectivity index (χ1) is 14.2. The first-order valence-corrected chi connectivity index (χ1v) is 8.95. The van der Waals surface area contributed by atoms with Crippen LogP contribution in [0.2, 0.25) is 0 Å². The second-order valence-corrected chi connectivity index (χ2v) is 6.31. The minimum absolute atomic E-state index is 0.592. The van der Waals surface area contributed by atoms with Gasteiger partial charge in [0.1, 0.15) is 34.6 Å². The average Bonchev–Trinajstić information content (AvgIpc) is 3.07. The number of hydrogen-bond donors (Lipinski definition) is 1. The van der Waals surface area contributed by atoms with E-state index >= 15 is 0 Å². The van der Waals surface area contributed by atoms with Crippen molar-refractivity contribution in [3.8, 4) is 17.2 Å². The van der Waals surface area contributed by atoms with Crippen LogP contribution in [0.4, 0.5) is 5.82 Å². The van der Waals surface area contributed by atoms with Crippen LogP contribution < -0.4 is 19.6 Å². The van der Waals surface area contributed by atoms with Crippen molar-refractivity contribution in [2.24, 2.45) is 12.1 Å². The SMILES string of the molecule is COc1ccc(OC)c(C=NNc2ncnc3c4c(OC)cccc4n(C)c23)c1. The second kappa shape index (κ2) is 7.67. The maximum absolute atomic E-state index is 5.53. The van der Waals surface area contributed by atoms with E-state index in [4.69, 9.17) is 14.2 Å². The van der Waals surface area contributed by atoms with Crippen LogP contribution in [0.25, 0.3) is 21.9 Å². The van der Waals surface area contributed by atoms with Crippen LogP contribution in [0, 0.1) is 0 Å². The third kappa shape index (κ3) is 3.18. The molecule has 0 aliphatic heterocycles. The second-order valence-electron chi connectivity index (χ2n) is 6.31. The van der Waals surface area contributed by atoms with Gasteiger partial charge in [-0.2, -0.15) is 5.10 Å². The number of fused-ring (bicyclic) bond motifs is 3. The third-order valence-corrected chi connectivity index (χ3v) is 4.79. The van der Waals surface area contributed by atoms with Crippen molar-refractivity contribution in [1.82, 2.24) is 14.5 Å². The number of aryl methyl sites for hydroxylation is 1. The topological polar surface area (TPSA) is 82.8 Å². The number of methoxy groups -OCH3 is 3. The highest BCUT2D eigenvalue weighted by atomic mass is 16.5. The molecule has 2 aromatic carbocycles. The zero-order chi connectivity index (χ0) is 20.4. The molecule has 2 aromatic heterocycles. The lowest BCUT2D eigenvalue weighted by atomic mass is 10.2. The first kappa shape index (κ1) is 18.5. The van der Waals surface area contributed by atoms with Crippen molar-refractivity contribution in [3.63, 3.8) is 0 Å². The summed E-state index contributed by atoms with van der Waals surface area (Å²) in [6.07, 6.45) is 3.18. The highest BCUT2D eigenvalue weighted by Gasteiger charge is 2.17. The highest BCUT2D eigenvalue weighted by molar-refractivity contribution is 6.11. The molecule has 0 amide bonds. The summed E-state index contributed by atoms with van der Waals surface area (Å²) in [5.74, 6) is 2.77. The van der Waals surface area contributed by atoms with Gasteiger partial charge in [-0.25, -0.2) is 9.97 Å². The summed E-state index contributed by atoms with van der Waals surface area (Å²) in [5.41, 5.74) is 6.44. The fraction of sp³-hybridized carbons (Fsp3) is 0.190. The molecule has 0 aliphatic rings.